The summed E-state index contributed by atoms with van der Waals surface area (Å²) >= 11 is 0. The standard InChI is InChI=1S/C28H39N3O3/c1-6-33-25-13-21(16-30-20(2)23-9-7-8-12-29-23)10-11-24(25)34-17-26(32)31-19-28(5)15-22(31)14-27(3,4)18-28/h7-13,20,22,30H,6,14-19H2,1-5H3. The van der Waals surface area contributed by atoms with Gasteiger partial charge in [-0.05, 0) is 73.8 Å². The number of amides is 1. The quantitative estimate of drug-likeness (QED) is 0.556. The van der Waals surface area contributed by atoms with Gasteiger partial charge in [0.1, 0.15) is 0 Å². The minimum Gasteiger partial charge on any atom is -0.490 e. The lowest BCUT2D eigenvalue weighted by Crippen LogP contribution is -2.40. The zero-order valence-electron chi connectivity index (χ0n) is 21.3. The second kappa shape index (κ2) is 9.95. The van der Waals surface area contributed by atoms with Gasteiger partial charge in [-0.1, -0.05) is 32.9 Å². The molecular formula is C28H39N3O3. The van der Waals surface area contributed by atoms with E-state index in [1.807, 2.05) is 49.5 Å². The molecule has 0 spiro atoms. The number of hydrogen-bond acceptors (Lipinski definition) is 5. The van der Waals surface area contributed by atoms with Crippen molar-refractivity contribution in [1.82, 2.24) is 15.2 Å². The number of likely N-dealkylation sites (tertiary alicyclic amines) is 1. The maximum Gasteiger partial charge on any atom is 0.260 e. The summed E-state index contributed by atoms with van der Waals surface area (Å²) in [4.78, 5) is 19.6. The van der Waals surface area contributed by atoms with E-state index in [0.29, 0.717) is 30.7 Å². The molecule has 2 fully saturated rings. The number of fused-ring (bicyclic) bond motifs is 2. The number of carbonyl (C=O) groups is 1. The molecule has 2 aromatic rings. The molecule has 4 rings (SSSR count). The van der Waals surface area contributed by atoms with Crippen molar-refractivity contribution in [2.24, 2.45) is 10.8 Å². The summed E-state index contributed by atoms with van der Waals surface area (Å²) in [6.45, 7) is 13.1. The van der Waals surface area contributed by atoms with Crippen molar-refractivity contribution < 1.29 is 14.3 Å². The molecule has 1 N–H and O–H groups in total. The molecule has 1 aliphatic carbocycles. The van der Waals surface area contributed by atoms with Crippen molar-refractivity contribution in [1.29, 1.82) is 0 Å². The molecule has 2 heterocycles. The number of pyridine rings is 1. The summed E-state index contributed by atoms with van der Waals surface area (Å²) in [5.41, 5.74) is 2.61. The van der Waals surface area contributed by atoms with Crippen LogP contribution in [0.15, 0.2) is 42.6 Å². The molecule has 6 heteroatoms. The fourth-order valence-electron chi connectivity index (χ4n) is 6.03. The maximum atomic E-state index is 13.1. The van der Waals surface area contributed by atoms with Crippen LogP contribution in [0.3, 0.4) is 0 Å². The molecule has 1 saturated heterocycles. The second-order valence-corrected chi connectivity index (χ2v) is 11.1. The highest BCUT2D eigenvalue weighted by Crippen LogP contribution is 2.52. The van der Waals surface area contributed by atoms with Gasteiger partial charge in [-0.2, -0.15) is 0 Å². The summed E-state index contributed by atoms with van der Waals surface area (Å²) in [7, 11) is 0. The van der Waals surface area contributed by atoms with Gasteiger partial charge in [-0.25, -0.2) is 0 Å². The lowest BCUT2D eigenvalue weighted by Gasteiger charge is -2.39. The van der Waals surface area contributed by atoms with Crippen LogP contribution in [0.25, 0.3) is 0 Å². The fraction of sp³-hybridized carbons (Fsp3) is 0.571. The number of nitrogens with zero attached hydrogens (tertiary/aromatic N) is 2. The zero-order chi connectivity index (χ0) is 24.3. The van der Waals surface area contributed by atoms with Crippen molar-refractivity contribution in [2.75, 3.05) is 19.8 Å². The largest absolute Gasteiger partial charge is 0.490 e. The summed E-state index contributed by atoms with van der Waals surface area (Å²) < 4.78 is 11.9. The Hall–Kier alpha value is -2.60. The third kappa shape index (κ3) is 5.72. The van der Waals surface area contributed by atoms with Crippen LogP contribution < -0.4 is 14.8 Å². The number of carbonyl (C=O) groups excluding carboxylic acids is 1. The maximum absolute atomic E-state index is 13.1. The van der Waals surface area contributed by atoms with Crippen molar-refractivity contribution in [3.05, 3.63) is 53.9 Å². The molecule has 3 unspecified atom stereocenters. The normalized spacial score (nSPS) is 24.0. The van der Waals surface area contributed by atoms with Gasteiger partial charge in [0.05, 0.1) is 12.3 Å². The Kier molecular flexibility index (Phi) is 7.17. The topological polar surface area (TPSA) is 63.7 Å². The molecule has 2 bridgehead atoms. The van der Waals surface area contributed by atoms with E-state index in [9.17, 15) is 4.79 Å². The highest BCUT2D eigenvalue weighted by molar-refractivity contribution is 5.78. The summed E-state index contributed by atoms with van der Waals surface area (Å²) in [5.74, 6) is 1.36. The average molecular weight is 466 g/mol. The molecule has 1 aromatic carbocycles. The van der Waals surface area contributed by atoms with E-state index in [1.165, 1.54) is 6.42 Å². The number of ether oxygens (including phenoxy) is 2. The zero-order valence-corrected chi connectivity index (χ0v) is 21.3. The van der Waals surface area contributed by atoms with Gasteiger partial charge in [-0.15, -0.1) is 0 Å². The van der Waals surface area contributed by atoms with Crippen molar-refractivity contribution in [3.8, 4) is 11.5 Å². The Morgan fingerprint density at radius 2 is 2.00 bits per heavy atom. The summed E-state index contributed by atoms with van der Waals surface area (Å²) in [6.07, 6.45) is 5.15. The second-order valence-electron chi connectivity index (χ2n) is 11.1. The van der Waals surface area contributed by atoms with E-state index in [4.69, 9.17) is 9.47 Å². The summed E-state index contributed by atoms with van der Waals surface area (Å²) in [5, 5.41) is 3.50. The predicted octanol–water partition coefficient (Wildman–Crippen LogP) is 5.14. The third-order valence-electron chi connectivity index (χ3n) is 7.14. The van der Waals surface area contributed by atoms with Crippen molar-refractivity contribution >= 4 is 5.91 Å². The summed E-state index contributed by atoms with van der Waals surface area (Å²) in [6, 6.07) is 12.3. The minimum absolute atomic E-state index is 0.0430. The molecule has 34 heavy (non-hydrogen) atoms. The van der Waals surface area contributed by atoms with Gasteiger partial charge in [0, 0.05) is 31.4 Å². The first-order chi connectivity index (χ1) is 16.2. The Bertz CT molecular complexity index is 994. The van der Waals surface area contributed by atoms with Crippen molar-refractivity contribution in [3.63, 3.8) is 0 Å². The fourth-order valence-corrected chi connectivity index (χ4v) is 6.03. The van der Waals surface area contributed by atoms with E-state index in [0.717, 1.165) is 30.6 Å². The van der Waals surface area contributed by atoms with Gasteiger partial charge < -0.3 is 19.7 Å². The molecule has 3 atom stereocenters. The number of hydrogen-bond donors (Lipinski definition) is 1. The molecule has 1 aromatic heterocycles. The van der Waals surface area contributed by atoms with E-state index in [2.05, 4.69) is 42.9 Å². The van der Waals surface area contributed by atoms with E-state index in [-0.39, 0.29) is 29.4 Å². The van der Waals surface area contributed by atoms with E-state index >= 15 is 0 Å². The van der Waals surface area contributed by atoms with E-state index < -0.39 is 0 Å². The molecule has 6 nitrogen and oxygen atoms in total. The first-order valence-corrected chi connectivity index (χ1v) is 12.5. The van der Waals surface area contributed by atoms with Crippen LogP contribution >= 0.6 is 0 Å². The molecule has 184 valence electrons. The highest BCUT2D eigenvalue weighted by Gasteiger charge is 2.50. The minimum atomic E-state index is 0.0430. The predicted molar refractivity (Wildman–Crippen MR) is 134 cm³/mol. The number of benzene rings is 1. The molecule has 1 saturated carbocycles. The molecule has 1 aliphatic heterocycles. The molecular weight excluding hydrogens is 426 g/mol. The van der Waals surface area contributed by atoms with Crippen LogP contribution in [0.1, 0.15) is 71.2 Å². The SMILES string of the molecule is CCOc1cc(CNC(C)c2ccccn2)ccc1OCC(=O)N1CC2(C)CC1CC(C)(C)C2. The lowest BCUT2D eigenvalue weighted by atomic mass is 9.65. The van der Waals surface area contributed by atoms with Crippen LogP contribution in [-0.4, -0.2) is 41.6 Å². The van der Waals surface area contributed by atoms with Crippen LogP contribution in [0, 0.1) is 10.8 Å². The highest BCUT2D eigenvalue weighted by atomic mass is 16.5. The Labute approximate surface area is 204 Å². The Balaban J connectivity index is 1.37. The molecule has 0 radical (unpaired) electrons. The van der Waals surface area contributed by atoms with Gasteiger partial charge in [0.2, 0.25) is 0 Å². The van der Waals surface area contributed by atoms with Crippen molar-refractivity contribution in [2.45, 2.75) is 72.5 Å². The number of aromatic nitrogens is 1. The molecule has 1 amide bonds. The molecule has 2 aliphatic rings. The Morgan fingerprint density at radius 3 is 2.74 bits per heavy atom. The van der Waals surface area contributed by atoms with Crippen LogP contribution in [0.5, 0.6) is 11.5 Å². The number of nitrogens with one attached hydrogen (secondary N) is 1. The monoisotopic (exact) mass is 465 g/mol. The Morgan fingerprint density at radius 1 is 1.18 bits per heavy atom. The third-order valence-corrected chi connectivity index (χ3v) is 7.14. The smallest absolute Gasteiger partial charge is 0.260 e. The number of rotatable bonds is 9. The van der Waals surface area contributed by atoms with E-state index in [1.54, 1.807) is 0 Å². The lowest BCUT2D eigenvalue weighted by molar-refractivity contribution is -0.134. The van der Waals surface area contributed by atoms with Gasteiger partial charge in [0.15, 0.2) is 18.1 Å². The van der Waals surface area contributed by atoms with Crippen LogP contribution in [-0.2, 0) is 11.3 Å². The van der Waals surface area contributed by atoms with Gasteiger partial charge >= 0.3 is 0 Å². The van der Waals surface area contributed by atoms with Crippen LogP contribution in [0.2, 0.25) is 0 Å². The van der Waals surface area contributed by atoms with Gasteiger partial charge in [-0.3, -0.25) is 9.78 Å². The first-order valence-electron chi connectivity index (χ1n) is 12.5. The van der Waals surface area contributed by atoms with Crippen LogP contribution in [0.4, 0.5) is 0 Å². The van der Waals surface area contributed by atoms with Gasteiger partial charge in [0.25, 0.3) is 5.91 Å². The average Bonchev–Trinajstić information content (AvgIpc) is 3.06. The first kappa shape index (κ1) is 24.5.